The molecule has 120 valence electrons. The van der Waals surface area contributed by atoms with E-state index in [1.54, 1.807) is 0 Å². The second-order valence-electron chi connectivity index (χ2n) is 8.13. The molecule has 1 heterocycles. The highest BCUT2D eigenvalue weighted by Gasteiger charge is 2.54. The van der Waals surface area contributed by atoms with Crippen molar-refractivity contribution in [1.82, 2.24) is 0 Å². The Morgan fingerprint density at radius 1 is 1.35 bits per heavy atom. The van der Waals surface area contributed by atoms with Crippen molar-refractivity contribution in [2.75, 3.05) is 6.61 Å². The average molecular weight is 303 g/mol. The second-order valence-corrected chi connectivity index (χ2v) is 12.9. The minimum atomic E-state index is -1.70. The molecule has 1 rings (SSSR count). The molecule has 0 aromatic heterocycles. The van der Waals surface area contributed by atoms with Gasteiger partial charge in [0.25, 0.3) is 0 Å². The minimum Gasteiger partial charge on any atom is -0.414 e. The molecule has 4 heteroatoms. The zero-order chi connectivity index (χ0) is 15.8. The molecule has 0 aliphatic carbocycles. The van der Waals surface area contributed by atoms with Gasteiger partial charge in [-0.25, -0.2) is 0 Å². The highest BCUT2D eigenvalue weighted by atomic mass is 28.4. The third-order valence-corrected chi connectivity index (χ3v) is 9.66. The largest absolute Gasteiger partial charge is 0.414 e. The molecular formula is C16H34O3Si. The molecule has 3 nitrogen and oxygen atoms in total. The molecule has 0 radical (unpaired) electrons. The Labute approximate surface area is 126 Å². The lowest BCUT2D eigenvalue weighted by Crippen LogP contribution is -2.44. The van der Waals surface area contributed by atoms with Gasteiger partial charge in [-0.1, -0.05) is 34.6 Å². The Morgan fingerprint density at radius 3 is 2.25 bits per heavy atom. The molecule has 1 aliphatic rings. The fraction of sp³-hybridized carbons (Fsp3) is 1.00. The standard InChI is InChI=1S/C16H34O3Si/c1-9-13(19-20(7,8)15(3,4)5)10-12(2)14-16(6,11-17)18-14/h12-14,17H,9-11H2,1-8H3/t12-,13+,14+,16+/m0/s1. The van der Waals surface area contributed by atoms with Gasteiger partial charge < -0.3 is 14.3 Å². The number of hydrogen-bond donors (Lipinski definition) is 1. The van der Waals surface area contributed by atoms with Gasteiger partial charge in [0.15, 0.2) is 8.32 Å². The van der Waals surface area contributed by atoms with Gasteiger partial charge in [-0.2, -0.15) is 0 Å². The van der Waals surface area contributed by atoms with Crippen LogP contribution in [-0.2, 0) is 9.16 Å². The third-order valence-electron chi connectivity index (χ3n) is 5.13. The van der Waals surface area contributed by atoms with Crippen LogP contribution >= 0.6 is 0 Å². The Bertz CT molecular complexity index is 324. The van der Waals surface area contributed by atoms with E-state index in [2.05, 4.69) is 47.7 Å². The smallest absolute Gasteiger partial charge is 0.192 e. The third kappa shape index (κ3) is 4.06. The van der Waals surface area contributed by atoms with Crippen LogP contribution in [0.25, 0.3) is 0 Å². The van der Waals surface area contributed by atoms with Crippen LogP contribution in [0.3, 0.4) is 0 Å². The molecule has 0 spiro atoms. The predicted octanol–water partition coefficient (Wildman–Crippen LogP) is 3.96. The highest BCUT2D eigenvalue weighted by Crippen LogP contribution is 2.43. The molecule has 0 amide bonds. The van der Waals surface area contributed by atoms with E-state index in [1.807, 2.05) is 6.92 Å². The number of rotatable bonds is 7. The van der Waals surface area contributed by atoms with Gasteiger partial charge in [-0.05, 0) is 43.8 Å². The summed E-state index contributed by atoms with van der Waals surface area (Å²) in [5.41, 5.74) is -0.311. The molecule has 1 aliphatic heterocycles. The quantitative estimate of drug-likeness (QED) is 0.571. The summed E-state index contributed by atoms with van der Waals surface area (Å²) in [4.78, 5) is 0. The summed E-state index contributed by atoms with van der Waals surface area (Å²) in [6.07, 6.45) is 2.55. The summed E-state index contributed by atoms with van der Waals surface area (Å²) in [7, 11) is -1.70. The Morgan fingerprint density at radius 2 is 1.90 bits per heavy atom. The molecule has 0 aromatic rings. The van der Waals surface area contributed by atoms with Gasteiger partial charge in [0.05, 0.1) is 12.7 Å². The number of epoxide rings is 1. The monoisotopic (exact) mass is 302 g/mol. The fourth-order valence-electron chi connectivity index (χ4n) is 2.53. The van der Waals surface area contributed by atoms with Crippen molar-refractivity contribution < 1.29 is 14.3 Å². The maximum absolute atomic E-state index is 9.32. The first-order valence-electron chi connectivity index (χ1n) is 7.93. The summed E-state index contributed by atoms with van der Waals surface area (Å²) in [5, 5.41) is 9.57. The van der Waals surface area contributed by atoms with Crippen molar-refractivity contribution >= 4 is 8.32 Å². The first-order chi connectivity index (χ1) is 8.97. The summed E-state index contributed by atoms with van der Waals surface area (Å²) in [6, 6.07) is 0. The molecule has 1 N–H and O–H groups in total. The van der Waals surface area contributed by atoms with E-state index in [0.717, 1.165) is 12.8 Å². The van der Waals surface area contributed by atoms with E-state index in [4.69, 9.17) is 9.16 Å². The Balaban J connectivity index is 2.56. The molecule has 1 saturated heterocycles. The van der Waals surface area contributed by atoms with E-state index >= 15 is 0 Å². The predicted molar refractivity (Wildman–Crippen MR) is 86.5 cm³/mol. The van der Waals surface area contributed by atoms with Crippen molar-refractivity contribution in [3.05, 3.63) is 0 Å². The van der Waals surface area contributed by atoms with Gasteiger partial charge in [-0.3, -0.25) is 0 Å². The lowest BCUT2D eigenvalue weighted by molar-refractivity contribution is 0.139. The van der Waals surface area contributed by atoms with Crippen LogP contribution in [0.5, 0.6) is 0 Å². The maximum atomic E-state index is 9.32. The zero-order valence-corrected chi connectivity index (χ0v) is 15.6. The fourth-order valence-corrected chi connectivity index (χ4v) is 3.98. The van der Waals surface area contributed by atoms with Crippen LogP contribution in [0.2, 0.25) is 18.1 Å². The summed E-state index contributed by atoms with van der Waals surface area (Å²) in [6.45, 7) is 18.0. The maximum Gasteiger partial charge on any atom is 0.192 e. The first kappa shape index (κ1) is 18.1. The summed E-state index contributed by atoms with van der Waals surface area (Å²) >= 11 is 0. The first-order valence-corrected chi connectivity index (χ1v) is 10.8. The van der Waals surface area contributed by atoms with Crippen molar-refractivity contribution in [2.24, 2.45) is 5.92 Å². The molecule has 0 bridgehead atoms. The Hall–Kier alpha value is 0.0969. The molecule has 0 saturated carbocycles. The zero-order valence-electron chi connectivity index (χ0n) is 14.6. The Kier molecular flexibility index (Phi) is 5.51. The molecule has 0 unspecified atom stereocenters. The molecule has 4 atom stereocenters. The van der Waals surface area contributed by atoms with Crippen LogP contribution in [-0.4, -0.2) is 37.8 Å². The summed E-state index contributed by atoms with van der Waals surface area (Å²) in [5.74, 6) is 0.432. The number of hydrogen-bond acceptors (Lipinski definition) is 3. The second kappa shape index (κ2) is 6.07. The number of aliphatic hydroxyl groups is 1. The molecule has 1 fully saturated rings. The van der Waals surface area contributed by atoms with Crippen LogP contribution in [0.1, 0.15) is 54.4 Å². The molecule has 20 heavy (non-hydrogen) atoms. The van der Waals surface area contributed by atoms with Gasteiger partial charge in [-0.15, -0.1) is 0 Å². The van der Waals surface area contributed by atoms with E-state index in [9.17, 15) is 5.11 Å². The van der Waals surface area contributed by atoms with Crippen LogP contribution in [0, 0.1) is 5.92 Å². The van der Waals surface area contributed by atoms with Crippen molar-refractivity contribution in [1.29, 1.82) is 0 Å². The topological polar surface area (TPSA) is 42.0 Å². The van der Waals surface area contributed by atoms with Crippen molar-refractivity contribution in [3.8, 4) is 0 Å². The minimum absolute atomic E-state index is 0.113. The van der Waals surface area contributed by atoms with E-state index in [1.165, 1.54) is 0 Å². The average Bonchev–Trinajstić information content (AvgIpc) is 3.00. The molecular weight excluding hydrogens is 268 g/mol. The normalized spacial score (nSPS) is 30.1. The van der Waals surface area contributed by atoms with Crippen LogP contribution < -0.4 is 0 Å². The lowest BCUT2D eigenvalue weighted by Gasteiger charge is -2.39. The summed E-state index contributed by atoms with van der Waals surface area (Å²) < 4.78 is 12.2. The van der Waals surface area contributed by atoms with Crippen molar-refractivity contribution in [2.45, 2.75) is 90.3 Å². The van der Waals surface area contributed by atoms with Crippen LogP contribution in [0.4, 0.5) is 0 Å². The van der Waals surface area contributed by atoms with E-state index in [-0.39, 0.29) is 23.4 Å². The van der Waals surface area contributed by atoms with Crippen molar-refractivity contribution in [3.63, 3.8) is 0 Å². The van der Waals surface area contributed by atoms with E-state index in [0.29, 0.717) is 12.0 Å². The highest BCUT2D eigenvalue weighted by molar-refractivity contribution is 6.74. The lowest BCUT2D eigenvalue weighted by atomic mass is 9.92. The molecule has 0 aromatic carbocycles. The van der Waals surface area contributed by atoms with E-state index < -0.39 is 8.32 Å². The SMILES string of the molecule is CC[C@H](C[C@H](C)[C@H]1O[C@]1(C)CO)O[Si](C)(C)C(C)(C)C. The van der Waals surface area contributed by atoms with Gasteiger partial charge in [0.2, 0.25) is 0 Å². The number of ether oxygens (including phenoxy) is 1. The van der Waals surface area contributed by atoms with Gasteiger partial charge in [0, 0.05) is 6.10 Å². The van der Waals surface area contributed by atoms with Gasteiger partial charge >= 0.3 is 0 Å². The number of aliphatic hydroxyl groups excluding tert-OH is 1. The van der Waals surface area contributed by atoms with Crippen LogP contribution in [0.15, 0.2) is 0 Å². The van der Waals surface area contributed by atoms with Gasteiger partial charge in [0.1, 0.15) is 5.60 Å².